The number of methoxy groups -OCH3 is 2. The first-order valence-electron chi connectivity index (χ1n) is 12.4. The molecule has 188 valence electrons. The van der Waals surface area contributed by atoms with Gasteiger partial charge in [-0.25, -0.2) is 4.79 Å². The van der Waals surface area contributed by atoms with Gasteiger partial charge >= 0.3 is 5.97 Å². The molecule has 0 radical (unpaired) electrons. The number of Topliss-reactive ketones (excluding diaryl/α,β-unsaturated/α-hetero) is 1. The maximum Gasteiger partial charge on any atom is 0.337 e. The van der Waals surface area contributed by atoms with Crippen LogP contribution in [-0.2, 0) is 25.6 Å². The Morgan fingerprint density at radius 3 is 2.28 bits per heavy atom. The van der Waals surface area contributed by atoms with E-state index in [0.29, 0.717) is 29.5 Å². The molecule has 2 aliphatic heterocycles. The summed E-state index contributed by atoms with van der Waals surface area (Å²) in [5.41, 5.74) is 2.50. The average molecular weight is 490 g/mol. The highest BCUT2D eigenvalue weighted by Gasteiger charge is 2.53. The Balaban J connectivity index is 1.54. The van der Waals surface area contributed by atoms with Gasteiger partial charge in [-0.05, 0) is 60.1 Å². The van der Waals surface area contributed by atoms with Crippen molar-refractivity contribution in [2.75, 3.05) is 14.2 Å². The molecule has 2 heterocycles. The van der Waals surface area contributed by atoms with Crippen LogP contribution >= 0.6 is 0 Å². The van der Waals surface area contributed by atoms with Crippen molar-refractivity contribution in [2.45, 2.75) is 45.4 Å². The molecule has 0 N–H and O–H groups in total. The predicted octanol–water partition coefficient (Wildman–Crippen LogP) is 4.47. The van der Waals surface area contributed by atoms with Crippen LogP contribution in [0.4, 0.5) is 0 Å². The molecular formula is C29H31NO6. The summed E-state index contributed by atoms with van der Waals surface area (Å²) in [6.07, 6.45) is 1.25. The molecule has 5 atom stereocenters. The van der Waals surface area contributed by atoms with Crippen LogP contribution in [-0.4, -0.2) is 42.9 Å². The molecule has 36 heavy (non-hydrogen) atoms. The fraction of sp³-hybridized carbons (Fsp3) is 0.414. The van der Waals surface area contributed by atoms with Crippen LogP contribution in [0.1, 0.15) is 54.2 Å². The average Bonchev–Trinajstić information content (AvgIpc) is 3.16. The number of hydrogen-bond donors (Lipinski definition) is 0. The van der Waals surface area contributed by atoms with Gasteiger partial charge in [0.15, 0.2) is 11.5 Å². The van der Waals surface area contributed by atoms with Crippen LogP contribution in [0.25, 0.3) is 0 Å². The molecule has 1 amide bonds. The molecule has 0 saturated heterocycles. The second-order valence-electron chi connectivity index (χ2n) is 10.1. The van der Waals surface area contributed by atoms with Crippen LogP contribution < -0.4 is 4.74 Å². The molecule has 1 saturated carbocycles. The summed E-state index contributed by atoms with van der Waals surface area (Å²) in [6.45, 7) is 4.66. The Labute approximate surface area is 211 Å². The van der Waals surface area contributed by atoms with Gasteiger partial charge < -0.3 is 19.1 Å². The first-order chi connectivity index (χ1) is 17.3. The van der Waals surface area contributed by atoms with Gasteiger partial charge in [0.2, 0.25) is 0 Å². The number of hydrogen-bond acceptors (Lipinski definition) is 6. The Morgan fingerprint density at radius 1 is 0.972 bits per heavy atom. The summed E-state index contributed by atoms with van der Waals surface area (Å²) in [6, 6.07) is 13.8. The summed E-state index contributed by atoms with van der Waals surface area (Å²) in [4.78, 5) is 41.3. The summed E-state index contributed by atoms with van der Waals surface area (Å²) >= 11 is 0. The molecule has 5 rings (SSSR count). The third-order valence-electron chi connectivity index (χ3n) is 7.97. The second-order valence-corrected chi connectivity index (χ2v) is 10.1. The lowest BCUT2D eigenvalue weighted by Crippen LogP contribution is -2.43. The quantitative estimate of drug-likeness (QED) is 0.577. The standard InChI is InChI=1S/C29H31NO6/c1-16-13-22-23(14-17(16)2)36-27-24(26(22)31)25(19-7-9-20(10-8-19)29(33)35-4)30(28(27)32)15-18-5-11-21(34-3)12-6-18/h5-12,16-17,22-23,25H,13-15H2,1-4H3. The predicted molar refractivity (Wildman–Crippen MR) is 132 cm³/mol. The van der Waals surface area contributed by atoms with Crippen LogP contribution in [0.3, 0.4) is 0 Å². The van der Waals surface area contributed by atoms with Gasteiger partial charge in [0.05, 0.1) is 37.3 Å². The molecule has 2 aromatic rings. The topological polar surface area (TPSA) is 82.1 Å². The minimum absolute atomic E-state index is 0.00706. The van der Waals surface area contributed by atoms with Crippen LogP contribution in [0, 0.1) is 17.8 Å². The Bertz CT molecular complexity index is 1220. The molecule has 1 fully saturated rings. The number of esters is 1. The van der Waals surface area contributed by atoms with E-state index in [1.165, 1.54) is 7.11 Å². The number of amides is 1. The van der Waals surface area contributed by atoms with E-state index in [-0.39, 0.29) is 29.5 Å². The number of benzene rings is 2. The third-order valence-corrected chi connectivity index (χ3v) is 7.97. The zero-order chi connectivity index (χ0) is 25.6. The largest absolute Gasteiger partial charge is 0.497 e. The highest BCUT2D eigenvalue weighted by atomic mass is 16.5. The zero-order valence-corrected chi connectivity index (χ0v) is 21.0. The van der Waals surface area contributed by atoms with E-state index in [9.17, 15) is 14.4 Å². The fourth-order valence-corrected chi connectivity index (χ4v) is 5.66. The summed E-state index contributed by atoms with van der Waals surface area (Å²) in [7, 11) is 2.94. The first-order valence-corrected chi connectivity index (χ1v) is 12.4. The smallest absolute Gasteiger partial charge is 0.337 e. The Morgan fingerprint density at radius 2 is 1.64 bits per heavy atom. The zero-order valence-electron chi connectivity index (χ0n) is 21.0. The number of ketones is 1. The number of rotatable bonds is 5. The van der Waals surface area contributed by atoms with Crippen molar-refractivity contribution in [1.82, 2.24) is 4.90 Å². The molecule has 7 nitrogen and oxygen atoms in total. The molecule has 3 aliphatic rings. The SMILES string of the molecule is COC(=O)c1ccc(C2C3=C(OC4CC(C)C(C)CC4C3=O)C(=O)N2Cc2ccc(OC)cc2)cc1. The third kappa shape index (κ3) is 4.06. The molecule has 5 unspecified atom stereocenters. The normalized spacial score (nSPS) is 27.3. The van der Waals surface area contributed by atoms with E-state index >= 15 is 0 Å². The maximum absolute atomic E-state index is 13.9. The van der Waals surface area contributed by atoms with E-state index in [4.69, 9.17) is 14.2 Å². The number of carbonyl (C=O) groups excluding carboxylic acids is 3. The molecule has 0 spiro atoms. The fourth-order valence-electron chi connectivity index (χ4n) is 5.66. The Kier molecular flexibility index (Phi) is 6.33. The Hall–Kier alpha value is -3.61. The van der Waals surface area contributed by atoms with Gasteiger partial charge in [-0.15, -0.1) is 0 Å². The van der Waals surface area contributed by atoms with Crippen LogP contribution in [0.2, 0.25) is 0 Å². The van der Waals surface area contributed by atoms with Crippen LogP contribution in [0.15, 0.2) is 59.9 Å². The molecule has 2 aromatic carbocycles. The van der Waals surface area contributed by atoms with Gasteiger partial charge in [-0.1, -0.05) is 38.1 Å². The molecular weight excluding hydrogens is 458 g/mol. The number of fused-ring (bicyclic) bond motifs is 1. The minimum Gasteiger partial charge on any atom is -0.497 e. The number of ether oxygens (including phenoxy) is 3. The van der Waals surface area contributed by atoms with Gasteiger partial charge in [0, 0.05) is 6.54 Å². The van der Waals surface area contributed by atoms with Gasteiger partial charge in [-0.3, -0.25) is 9.59 Å². The maximum atomic E-state index is 13.9. The minimum atomic E-state index is -0.593. The lowest BCUT2D eigenvalue weighted by molar-refractivity contribution is -0.137. The summed E-state index contributed by atoms with van der Waals surface area (Å²) in [5.74, 6) is 0.780. The van der Waals surface area contributed by atoms with Crippen molar-refractivity contribution in [2.24, 2.45) is 17.8 Å². The lowest BCUT2D eigenvalue weighted by Gasteiger charge is -2.40. The molecule has 1 aliphatic carbocycles. The molecule has 0 aromatic heterocycles. The number of carbonyl (C=O) groups is 3. The first kappa shape index (κ1) is 24.1. The van der Waals surface area contributed by atoms with Gasteiger partial charge in [0.1, 0.15) is 11.9 Å². The van der Waals surface area contributed by atoms with E-state index in [0.717, 1.165) is 29.7 Å². The summed E-state index contributed by atoms with van der Waals surface area (Å²) < 4.78 is 16.4. The van der Waals surface area contributed by atoms with Crippen molar-refractivity contribution in [3.63, 3.8) is 0 Å². The van der Waals surface area contributed by atoms with E-state index in [2.05, 4.69) is 13.8 Å². The summed E-state index contributed by atoms with van der Waals surface area (Å²) in [5, 5.41) is 0. The van der Waals surface area contributed by atoms with E-state index in [1.807, 2.05) is 24.3 Å². The molecule has 0 bridgehead atoms. The van der Waals surface area contributed by atoms with Gasteiger partial charge in [0.25, 0.3) is 5.91 Å². The highest BCUT2D eigenvalue weighted by Crippen LogP contribution is 2.49. The molecule has 7 heteroatoms. The second kappa shape index (κ2) is 9.45. The van der Waals surface area contributed by atoms with E-state index in [1.54, 1.807) is 36.3 Å². The van der Waals surface area contributed by atoms with Crippen molar-refractivity contribution >= 4 is 17.7 Å². The van der Waals surface area contributed by atoms with E-state index < -0.39 is 12.0 Å². The van der Waals surface area contributed by atoms with Crippen molar-refractivity contribution in [3.8, 4) is 5.75 Å². The van der Waals surface area contributed by atoms with Gasteiger partial charge in [-0.2, -0.15) is 0 Å². The lowest BCUT2D eigenvalue weighted by atomic mass is 9.70. The highest BCUT2D eigenvalue weighted by molar-refractivity contribution is 6.11. The van der Waals surface area contributed by atoms with Crippen LogP contribution in [0.5, 0.6) is 5.75 Å². The van der Waals surface area contributed by atoms with Crippen molar-refractivity contribution in [1.29, 1.82) is 0 Å². The van der Waals surface area contributed by atoms with Crippen molar-refractivity contribution < 1.29 is 28.6 Å². The number of nitrogens with zero attached hydrogens (tertiary/aromatic N) is 1. The monoisotopic (exact) mass is 489 g/mol. The van der Waals surface area contributed by atoms with Crippen molar-refractivity contribution in [3.05, 3.63) is 76.6 Å².